The summed E-state index contributed by atoms with van der Waals surface area (Å²) in [6, 6.07) is -1.77. The Hall–Kier alpha value is -1.16. The molecule has 1 atom stereocenters. The third kappa shape index (κ3) is 5.56. The Morgan fingerprint density at radius 2 is 1.36 bits per heavy atom. The molecular weight excluding hydrogens is 353 g/mol. The topological polar surface area (TPSA) is 26.0 Å². The smallest absolute Gasteiger partial charge is 0.324 e. The highest BCUT2D eigenvalue weighted by Crippen LogP contribution is 2.40. The molecule has 1 nitrogen and oxygen atoms in total. The van der Waals surface area contributed by atoms with Crippen LogP contribution in [-0.4, -0.2) is 6.18 Å². The van der Waals surface area contributed by atoms with Gasteiger partial charge in [0.25, 0.3) is 0 Å². The number of hydrogen-bond donors (Lipinski definition) is 1. The van der Waals surface area contributed by atoms with Crippen LogP contribution in [0.4, 0.5) is 39.5 Å². The second-order valence-electron chi connectivity index (χ2n) is 4.22. The second-order valence-corrected chi connectivity index (χ2v) is 4.22. The molecule has 0 saturated carbocycles. The number of hydrogen-bond acceptors (Lipinski definition) is 1. The molecule has 1 aromatic rings. The fraction of sp³-hybridized carbons (Fsp3) is 0.455. The Morgan fingerprint density at radius 3 is 1.73 bits per heavy atom. The Morgan fingerprint density at radius 1 is 0.864 bits per heavy atom. The maximum atomic E-state index is 12.7. The zero-order chi connectivity index (χ0) is 16.6. The summed E-state index contributed by atoms with van der Waals surface area (Å²) in [4.78, 5) is 0. The van der Waals surface area contributed by atoms with Gasteiger partial charge in [-0.1, -0.05) is 6.07 Å². The van der Waals surface area contributed by atoms with Crippen molar-refractivity contribution in [1.82, 2.24) is 0 Å². The average Bonchev–Trinajstić information content (AvgIpc) is 2.23. The van der Waals surface area contributed by atoms with Crippen LogP contribution >= 0.6 is 12.4 Å². The molecule has 0 bridgehead atoms. The molecule has 128 valence electrons. The van der Waals surface area contributed by atoms with Crippen molar-refractivity contribution in [3.05, 3.63) is 34.9 Å². The predicted molar refractivity (Wildman–Crippen MR) is 61.3 cm³/mol. The molecule has 0 aliphatic carbocycles. The zero-order valence-electron chi connectivity index (χ0n) is 10.4. The van der Waals surface area contributed by atoms with Crippen molar-refractivity contribution >= 4 is 12.4 Å². The van der Waals surface area contributed by atoms with Crippen molar-refractivity contribution < 1.29 is 39.5 Å². The lowest BCUT2D eigenvalue weighted by Crippen LogP contribution is -2.24. The molecule has 0 aromatic heterocycles. The molecule has 0 saturated heterocycles. The molecule has 0 aliphatic heterocycles. The van der Waals surface area contributed by atoms with E-state index < -0.39 is 47.7 Å². The maximum absolute atomic E-state index is 12.7. The lowest BCUT2D eigenvalue weighted by Gasteiger charge is -2.21. The Labute approximate surface area is 124 Å². The largest absolute Gasteiger partial charge is 0.416 e. The van der Waals surface area contributed by atoms with E-state index in [-0.39, 0.29) is 24.5 Å². The Bertz CT molecular complexity index is 504. The van der Waals surface area contributed by atoms with E-state index in [1.807, 2.05) is 0 Å². The molecule has 0 amide bonds. The average molecular weight is 362 g/mol. The molecule has 0 radical (unpaired) electrons. The number of benzene rings is 1. The Kier molecular flexibility index (Phi) is 6.19. The SMILES string of the molecule is Cl.N[C@@H](CC(F)(F)F)c1ccc(C(F)(F)F)cc1C(F)(F)F. The van der Waals surface area contributed by atoms with Gasteiger partial charge in [0.05, 0.1) is 17.5 Å². The minimum Gasteiger partial charge on any atom is -0.324 e. The van der Waals surface area contributed by atoms with Crippen molar-refractivity contribution in [2.75, 3.05) is 0 Å². The van der Waals surface area contributed by atoms with Crippen molar-refractivity contribution in [2.24, 2.45) is 5.73 Å². The van der Waals surface area contributed by atoms with Gasteiger partial charge in [0.1, 0.15) is 0 Å². The van der Waals surface area contributed by atoms with Gasteiger partial charge in [0.15, 0.2) is 0 Å². The molecule has 0 heterocycles. The van der Waals surface area contributed by atoms with Gasteiger partial charge in [-0.05, 0) is 17.7 Å². The highest BCUT2D eigenvalue weighted by atomic mass is 35.5. The molecule has 1 rings (SSSR count). The number of halogens is 10. The highest BCUT2D eigenvalue weighted by molar-refractivity contribution is 5.85. The molecule has 11 heteroatoms. The third-order valence-electron chi connectivity index (χ3n) is 2.54. The molecule has 1 aromatic carbocycles. The van der Waals surface area contributed by atoms with E-state index in [0.29, 0.717) is 6.07 Å². The standard InChI is InChI=1S/C11H8F9N.ClH/c12-9(13,14)4-8(21)6-2-1-5(10(15,16)17)3-7(6)11(18,19)20;/h1-3,8H,4,21H2;1H/t8-;/m0./s1. The van der Waals surface area contributed by atoms with E-state index in [1.54, 1.807) is 0 Å². The molecule has 0 unspecified atom stereocenters. The molecular formula is C11H9ClF9N. The zero-order valence-corrected chi connectivity index (χ0v) is 11.2. The highest BCUT2D eigenvalue weighted by Gasteiger charge is 2.40. The van der Waals surface area contributed by atoms with Gasteiger partial charge >= 0.3 is 18.5 Å². The van der Waals surface area contributed by atoms with Crippen molar-refractivity contribution in [3.63, 3.8) is 0 Å². The van der Waals surface area contributed by atoms with Crippen LogP contribution in [0.1, 0.15) is 29.2 Å². The van der Waals surface area contributed by atoms with Crippen molar-refractivity contribution in [2.45, 2.75) is 31.0 Å². The van der Waals surface area contributed by atoms with Gasteiger partial charge in [-0.2, -0.15) is 39.5 Å². The lowest BCUT2D eigenvalue weighted by atomic mass is 9.95. The number of rotatable bonds is 2. The Balaban J connectivity index is 0.00000441. The van der Waals surface area contributed by atoms with Gasteiger partial charge in [0, 0.05) is 6.04 Å². The van der Waals surface area contributed by atoms with Crippen molar-refractivity contribution in [3.8, 4) is 0 Å². The van der Waals surface area contributed by atoms with Crippen molar-refractivity contribution in [1.29, 1.82) is 0 Å². The first-order chi connectivity index (χ1) is 9.22. The summed E-state index contributed by atoms with van der Waals surface area (Å²) < 4.78 is 112. The second kappa shape index (κ2) is 6.53. The maximum Gasteiger partial charge on any atom is 0.416 e. The van der Waals surface area contributed by atoms with Gasteiger partial charge < -0.3 is 5.73 Å². The fourth-order valence-electron chi connectivity index (χ4n) is 1.66. The first kappa shape index (κ1) is 20.8. The quantitative estimate of drug-likeness (QED) is 0.729. The van der Waals surface area contributed by atoms with Crippen LogP contribution in [0, 0.1) is 0 Å². The summed E-state index contributed by atoms with van der Waals surface area (Å²) in [6.07, 6.45) is -16.9. The van der Waals surface area contributed by atoms with Gasteiger partial charge in [-0.3, -0.25) is 0 Å². The first-order valence-electron chi connectivity index (χ1n) is 5.32. The van der Waals surface area contributed by atoms with Crippen LogP contribution in [0.3, 0.4) is 0 Å². The van der Waals surface area contributed by atoms with Gasteiger partial charge in [-0.25, -0.2) is 0 Å². The van der Waals surface area contributed by atoms with Gasteiger partial charge in [-0.15, -0.1) is 12.4 Å². The third-order valence-corrected chi connectivity index (χ3v) is 2.54. The van der Waals surface area contributed by atoms with E-state index in [9.17, 15) is 39.5 Å². The van der Waals surface area contributed by atoms with E-state index in [1.165, 1.54) is 0 Å². The molecule has 0 fully saturated rings. The van der Waals surface area contributed by atoms with Crippen LogP contribution in [-0.2, 0) is 12.4 Å². The van der Waals surface area contributed by atoms with Crippen LogP contribution in [0.25, 0.3) is 0 Å². The van der Waals surface area contributed by atoms with Crippen LogP contribution < -0.4 is 5.73 Å². The summed E-state index contributed by atoms with van der Waals surface area (Å²) in [5, 5.41) is 0. The number of nitrogens with two attached hydrogens (primary N) is 1. The van der Waals surface area contributed by atoms with E-state index in [4.69, 9.17) is 5.73 Å². The minimum atomic E-state index is -5.25. The summed E-state index contributed by atoms with van der Waals surface area (Å²) in [5.41, 5.74) is 0.564. The van der Waals surface area contributed by atoms with E-state index in [2.05, 4.69) is 0 Å². The summed E-state index contributed by atoms with van der Waals surface area (Å²) in [6.45, 7) is 0. The van der Waals surface area contributed by atoms with E-state index in [0.717, 1.165) is 0 Å². The molecule has 0 spiro atoms. The minimum absolute atomic E-state index is 0. The fourth-order valence-corrected chi connectivity index (χ4v) is 1.66. The van der Waals surface area contributed by atoms with Crippen LogP contribution in [0.15, 0.2) is 18.2 Å². The monoisotopic (exact) mass is 361 g/mol. The molecule has 22 heavy (non-hydrogen) atoms. The number of alkyl halides is 9. The van der Waals surface area contributed by atoms with Crippen LogP contribution in [0.5, 0.6) is 0 Å². The lowest BCUT2D eigenvalue weighted by molar-refractivity contribution is -0.147. The van der Waals surface area contributed by atoms with E-state index >= 15 is 0 Å². The normalized spacial score (nSPS) is 14.5. The summed E-state index contributed by atoms with van der Waals surface area (Å²) in [7, 11) is 0. The van der Waals surface area contributed by atoms with Crippen LogP contribution in [0.2, 0.25) is 0 Å². The predicted octanol–water partition coefficient (Wildman–Crippen LogP) is 5.10. The molecule has 0 aliphatic rings. The molecule has 2 N–H and O–H groups in total. The summed E-state index contributed by atoms with van der Waals surface area (Å²) >= 11 is 0. The summed E-state index contributed by atoms with van der Waals surface area (Å²) in [5.74, 6) is 0. The first-order valence-corrected chi connectivity index (χ1v) is 5.32. The van der Waals surface area contributed by atoms with Gasteiger partial charge in [0.2, 0.25) is 0 Å².